The third-order valence-electron chi connectivity index (χ3n) is 7.15. The van der Waals surface area contributed by atoms with E-state index in [4.69, 9.17) is 19.2 Å². The number of carboxylic acids is 1. The van der Waals surface area contributed by atoms with Gasteiger partial charge in [-0.1, -0.05) is 12.1 Å². The first-order chi connectivity index (χ1) is 18.1. The summed E-state index contributed by atoms with van der Waals surface area (Å²) in [5.41, 5.74) is 5.71. The summed E-state index contributed by atoms with van der Waals surface area (Å²) in [7, 11) is 1.63. The minimum atomic E-state index is -1.07. The summed E-state index contributed by atoms with van der Waals surface area (Å²) < 4.78 is 17.1. The summed E-state index contributed by atoms with van der Waals surface area (Å²) in [6.45, 7) is 5.68. The number of methoxy groups -OCH3 is 1. The van der Waals surface area contributed by atoms with Crippen molar-refractivity contribution in [2.24, 2.45) is 0 Å². The molecule has 5 rings (SSSR count). The van der Waals surface area contributed by atoms with Gasteiger partial charge in [-0.05, 0) is 81.0 Å². The standard InChI is InChI=1S/C30H34N2O6/c1-30(2,3)38-29(35)32-16-23(15-27(32)28(33)34)37-17-21-13-25(20-9-8-18-6-5-7-19(18)12-20)31-26-14-22(36-4)10-11-24(21)26/h8-14,23,27H,5-7,15-17H2,1-4H3,(H,33,34)/t23?,27-/m0/s1. The largest absolute Gasteiger partial charge is 0.497 e. The smallest absolute Gasteiger partial charge is 0.411 e. The molecule has 8 nitrogen and oxygen atoms in total. The third-order valence-corrected chi connectivity index (χ3v) is 7.15. The van der Waals surface area contributed by atoms with Crippen molar-refractivity contribution in [2.45, 2.75) is 70.8 Å². The SMILES string of the molecule is COc1ccc2c(COC3C[C@@H](C(=O)O)N(C(=O)OC(C)(C)C)C3)cc(-c3ccc4c(c3)CCC4)nc2c1. The van der Waals surface area contributed by atoms with Crippen LogP contribution in [0, 0.1) is 0 Å². The number of ether oxygens (including phenoxy) is 3. The van der Waals surface area contributed by atoms with Gasteiger partial charge in [-0.2, -0.15) is 0 Å². The van der Waals surface area contributed by atoms with Gasteiger partial charge in [-0.3, -0.25) is 4.90 Å². The molecule has 8 heteroatoms. The lowest BCUT2D eigenvalue weighted by Crippen LogP contribution is -2.43. The van der Waals surface area contributed by atoms with Crippen LogP contribution in [0.3, 0.4) is 0 Å². The Morgan fingerprint density at radius 3 is 2.61 bits per heavy atom. The van der Waals surface area contributed by atoms with E-state index < -0.39 is 29.8 Å². The van der Waals surface area contributed by atoms with Gasteiger partial charge in [-0.15, -0.1) is 0 Å². The Bertz CT molecular complexity index is 1380. The number of fused-ring (bicyclic) bond motifs is 2. The lowest BCUT2D eigenvalue weighted by atomic mass is 10.0. The van der Waals surface area contributed by atoms with Crippen LogP contribution in [0.1, 0.15) is 50.3 Å². The van der Waals surface area contributed by atoms with Gasteiger partial charge >= 0.3 is 12.1 Å². The van der Waals surface area contributed by atoms with Crippen molar-refractivity contribution < 1.29 is 28.9 Å². The fourth-order valence-electron chi connectivity index (χ4n) is 5.29. The van der Waals surface area contributed by atoms with Crippen LogP contribution in [-0.2, 0) is 33.7 Å². The molecule has 38 heavy (non-hydrogen) atoms. The molecular weight excluding hydrogens is 484 g/mol. The topological polar surface area (TPSA) is 98.2 Å². The second-order valence-corrected chi connectivity index (χ2v) is 11.0. The molecule has 1 amide bonds. The van der Waals surface area contributed by atoms with E-state index in [9.17, 15) is 14.7 Å². The first kappa shape index (κ1) is 26.0. The van der Waals surface area contributed by atoms with E-state index in [2.05, 4.69) is 18.2 Å². The molecule has 0 spiro atoms. The lowest BCUT2D eigenvalue weighted by Gasteiger charge is -2.26. The number of aliphatic carboxylic acids is 1. The normalized spacial score (nSPS) is 19.0. The summed E-state index contributed by atoms with van der Waals surface area (Å²) in [5.74, 6) is -0.349. The van der Waals surface area contributed by atoms with Crippen LogP contribution in [0.15, 0.2) is 42.5 Å². The number of likely N-dealkylation sites (tertiary alicyclic amines) is 1. The van der Waals surface area contributed by atoms with Crippen molar-refractivity contribution in [1.82, 2.24) is 9.88 Å². The first-order valence-corrected chi connectivity index (χ1v) is 13.0. The molecule has 1 fully saturated rings. The molecule has 2 heterocycles. The molecule has 1 N–H and O–H groups in total. The molecule has 1 aliphatic carbocycles. The van der Waals surface area contributed by atoms with Gasteiger partial charge in [0.2, 0.25) is 0 Å². The molecule has 0 saturated carbocycles. The Morgan fingerprint density at radius 1 is 1.08 bits per heavy atom. The number of amides is 1. The van der Waals surface area contributed by atoms with Gasteiger partial charge < -0.3 is 19.3 Å². The Kier molecular flexibility index (Phi) is 7.01. The van der Waals surface area contributed by atoms with Crippen LogP contribution >= 0.6 is 0 Å². The average Bonchev–Trinajstić information content (AvgIpc) is 3.52. The Morgan fingerprint density at radius 2 is 1.87 bits per heavy atom. The van der Waals surface area contributed by atoms with Crippen LogP contribution in [0.2, 0.25) is 0 Å². The second-order valence-electron chi connectivity index (χ2n) is 11.0. The number of nitrogens with zero attached hydrogens (tertiary/aromatic N) is 2. The van der Waals surface area contributed by atoms with Gasteiger partial charge in [0.05, 0.1) is 37.6 Å². The van der Waals surface area contributed by atoms with Crippen molar-refractivity contribution in [1.29, 1.82) is 0 Å². The average molecular weight is 519 g/mol. The van der Waals surface area contributed by atoms with E-state index in [0.717, 1.165) is 46.3 Å². The summed E-state index contributed by atoms with van der Waals surface area (Å²) >= 11 is 0. The molecule has 1 unspecified atom stereocenters. The first-order valence-electron chi connectivity index (χ1n) is 13.0. The maximum absolute atomic E-state index is 12.7. The fourth-order valence-corrected chi connectivity index (χ4v) is 5.29. The predicted molar refractivity (Wildman–Crippen MR) is 143 cm³/mol. The molecule has 2 aliphatic rings. The highest BCUT2D eigenvalue weighted by atomic mass is 16.6. The van der Waals surface area contributed by atoms with E-state index in [1.54, 1.807) is 27.9 Å². The minimum absolute atomic E-state index is 0.153. The van der Waals surface area contributed by atoms with Gasteiger partial charge in [-0.25, -0.2) is 14.6 Å². The lowest BCUT2D eigenvalue weighted by molar-refractivity contribution is -0.142. The van der Waals surface area contributed by atoms with Crippen LogP contribution < -0.4 is 4.74 Å². The van der Waals surface area contributed by atoms with Gasteiger partial charge in [0, 0.05) is 23.4 Å². The van der Waals surface area contributed by atoms with Gasteiger partial charge in [0.1, 0.15) is 17.4 Å². The molecule has 1 saturated heterocycles. The summed E-state index contributed by atoms with van der Waals surface area (Å²) in [6.07, 6.45) is 2.50. The zero-order valence-corrected chi connectivity index (χ0v) is 22.3. The van der Waals surface area contributed by atoms with Crippen molar-refractivity contribution in [3.63, 3.8) is 0 Å². The number of carboxylic acid groups (broad SMARTS) is 1. The molecule has 0 radical (unpaired) electrons. The van der Waals surface area contributed by atoms with Gasteiger partial charge in [0.15, 0.2) is 0 Å². The number of carbonyl (C=O) groups excluding carboxylic acids is 1. The number of hydrogen-bond acceptors (Lipinski definition) is 6. The zero-order valence-electron chi connectivity index (χ0n) is 22.3. The summed E-state index contributed by atoms with van der Waals surface area (Å²) in [5, 5.41) is 10.7. The van der Waals surface area contributed by atoms with E-state index in [1.165, 1.54) is 22.4 Å². The van der Waals surface area contributed by atoms with Gasteiger partial charge in [0.25, 0.3) is 0 Å². The molecule has 2 aromatic carbocycles. The Hall–Kier alpha value is -3.65. The Labute approximate surface area is 222 Å². The maximum atomic E-state index is 12.7. The van der Waals surface area contributed by atoms with Crippen molar-refractivity contribution in [3.05, 3.63) is 59.2 Å². The fraction of sp³-hybridized carbons (Fsp3) is 0.433. The highest BCUT2D eigenvalue weighted by molar-refractivity contribution is 5.86. The highest BCUT2D eigenvalue weighted by Gasteiger charge is 2.42. The highest BCUT2D eigenvalue weighted by Crippen LogP contribution is 2.32. The van der Waals surface area contributed by atoms with E-state index in [1.807, 2.05) is 24.3 Å². The molecule has 200 valence electrons. The number of benzene rings is 2. The number of rotatable bonds is 6. The summed E-state index contributed by atoms with van der Waals surface area (Å²) in [4.78, 5) is 30.8. The number of hydrogen-bond donors (Lipinski definition) is 1. The van der Waals surface area contributed by atoms with Crippen LogP contribution in [0.25, 0.3) is 22.2 Å². The van der Waals surface area contributed by atoms with Crippen LogP contribution in [-0.4, -0.2) is 58.5 Å². The minimum Gasteiger partial charge on any atom is -0.497 e. The maximum Gasteiger partial charge on any atom is 0.411 e. The van der Waals surface area contributed by atoms with Crippen molar-refractivity contribution in [2.75, 3.05) is 13.7 Å². The molecule has 2 atom stereocenters. The van der Waals surface area contributed by atoms with E-state index in [0.29, 0.717) is 0 Å². The molecule has 3 aromatic rings. The van der Waals surface area contributed by atoms with E-state index >= 15 is 0 Å². The second kappa shape index (κ2) is 10.3. The number of aromatic nitrogens is 1. The molecule has 1 aliphatic heterocycles. The zero-order chi connectivity index (χ0) is 27.0. The molecule has 1 aromatic heterocycles. The summed E-state index contributed by atoms with van der Waals surface area (Å²) in [6, 6.07) is 13.4. The molecule has 0 bridgehead atoms. The van der Waals surface area contributed by atoms with E-state index in [-0.39, 0.29) is 19.6 Å². The number of carbonyl (C=O) groups is 2. The Balaban J connectivity index is 1.41. The quantitative estimate of drug-likeness (QED) is 0.468. The van der Waals surface area contributed by atoms with Crippen LogP contribution in [0.4, 0.5) is 4.79 Å². The number of aryl methyl sites for hydroxylation is 2. The van der Waals surface area contributed by atoms with Crippen molar-refractivity contribution >= 4 is 23.0 Å². The van der Waals surface area contributed by atoms with Crippen LogP contribution in [0.5, 0.6) is 5.75 Å². The predicted octanol–water partition coefficient (Wildman–Crippen LogP) is 5.38. The monoisotopic (exact) mass is 518 g/mol. The third kappa shape index (κ3) is 5.45. The van der Waals surface area contributed by atoms with Crippen molar-refractivity contribution in [3.8, 4) is 17.0 Å². The number of pyridine rings is 1. The molecular formula is C30H34N2O6.